The highest BCUT2D eigenvalue weighted by Gasteiger charge is 2.22. The van der Waals surface area contributed by atoms with Crippen molar-refractivity contribution >= 4 is 15.9 Å². The molecule has 4 rings (SSSR count). The predicted octanol–water partition coefficient (Wildman–Crippen LogP) is 5.02. The number of benzene rings is 1. The van der Waals surface area contributed by atoms with Crippen LogP contribution in [0.3, 0.4) is 0 Å². The van der Waals surface area contributed by atoms with Crippen molar-refractivity contribution in [1.82, 2.24) is 9.13 Å². The topological polar surface area (TPSA) is 9.86 Å². The maximum Gasteiger partial charge on any atom is 0.0684 e. The second-order valence-corrected chi connectivity index (χ2v) is 6.64. The Labute approximate surface area is 133 Å². The Kier molecular flexibility index (Phi) is 2.86. The lowest BCUT2D eigenvalue weighted by Gasteiger charge is -2.21. The summed E-state index contributed by atoms with van der Waals surface area (Å²) in [5.41, 5.74) is 8.06. The lowest BCUT2D eigenvalue weighted by Crippen LogP contribution is -2.16. The summed E-state index contributed by atoms with van der Waals surface area (Å²) in [5.74, 6) is 0. The van der Waals surface area contributed by atoms with E-state index in [-0.39, 0.29) is 0 Å². The van der Waals surface area contributed by atoms with Crippen molar-refractivity contribution in [2.24, 2.45) is 0 Å². The van der Waals surface area contributed by atoms with Crippen LogP contribution in [0.4, 0.5) is 0 Å². The molecular formula is C18H17BrN2. The Morgan fingerprint density at radius 2 is 1.71 bits per heavy atom. The third kappa shape index (κ3) is 1.91. The van der Waals surface area contributed by atoms with Crippen molar-refractivity contribution in [2.75, 3.05) is 0 Å². The highest BCUT2D eigenvalue weighted by molar-refractivity contribution is 9.10. The molecule has 3 heterocycles. The molecule has 1 aromatic carbocycles. The van der Waals surface area contributed by atoms with E-state index >= 15 is 0 Å². The smallest absolute Gasteiger partial charge is 0.0684 e. The first kappa shape index (κ1) is 13.0. The quantitative estimate of drug-likeness (QED) is 0.588. The molecule has 0 bridgehead atoms. The molecule has 1 aliphatic heterocycles. The van der Waals surface area contributed by atoms with E-state index in [1.54, 1.807) is 0 Å². The summed E-state index contributed by atoms with van der Waals surface area (Å²) in [7, 11) is 0. The van der Waals surface area contributed by atoms with Gasteiger partial charge in [0.05, 0.1) is 11.4 Å². The number of hydrogen-bond acceptors (Lipinski definition) is 0. The van der Waals surface area contributed by atoms with Gasteiger partial charge in [-0.2, -0.15) is 0 Å². The van der Waals surface area contributed by atoms with Gasteiger partial charge in [0, 0.05) is 35.0 Å². The first-order valence-electron chi connectivity index (χ1n) is 7.27. The van der Waals surface area contributed by atoms with Gasteiger partial charge in [-0.3, -0.25) is 0 Å². The van der Waals surface area contributed by atoms with Gasteiger partial charge in [-0.25, -0.2) is 0 Å². The molecule has 3 aromatic rings. The van der Waals surface area contributed by atoms with E-state index in [9.17, 15) is 0 Å². The van der Waals surface area contributed by atoms with E-state index in [1.807, 2.05) is 0 Å². The summed E-state index contributed by atoms with van der Waals surface area (Å²) in [6.07, 6.45) is 2.31. The fraction of sp³-hybridized carbons (Fsp3) is 0.222. The van der Waals surface area contributed by atoms with Crippen LogP contribution in [0.5, 0.6) is 0 Å². The molecule has 3 heteroatoms. The molecule has 0 atom stereocenters. The standard InChI is InChI=1S/C18H17BrN2/c1-12-3-8-17-18-13(2)16(11-20(18)9-10-21(12)17)14-4-6-15(19)7-5-14/h3-8,11H,9-10H2,1-2H3. The number of halogens is 1. The molecular weight excluding hydrogens is 324 g/mol. The van der Waals surface area contributed by atoms with Crippen LogP contribution in [0.1, 0.15) is 11.3 Å². The van der Waals surface area contributed by atoms with Crippen LogP contribution < -0.4 is 0 Å². The Bertz CT molecular complexity index is 822. The normalized spacial score (nSPS) is 13.1. The van der Waals surface area contributed by atoms with Crippen molar-refractivity contribution in [2.45, 2.75) is 26.9 Å². The second-order valence-electron chi connectivity index (χ2n) is 5.73. The average molecular weight is 341 g/mol. The van der Waals surface area contributed by atoms with E-state index in [0.29, 0.717) is 0 Å². The Morgan fingerprint density at radius 1 is 0.952 bits per heavy atom. The maximum absolute atomic E-state index is 3.51. The van der Waals surface area contributed by atoms with E-state index in [2.05, 4.69) is 81.5 Å². The van der Waals surface area contributed by atoms with Gasteiger partial charge < -0.3 is 9.13 Å². The summed E-state index contributed by atoms with van der Waals surface area (Å²) < 4.78 is 5.95. The number of fused-ring (bicyclic) bond motifs is 3. The summed E-state index contributed by atoms with van der Waals surface area (Å²) in [6, 6.07) is 13.1. The zero-order valence-corrected chi connectivity index (χ0v) is 13.8. The van der Waals surface area contributed by atoms with Gasteiger partial charge in [0.25, 0.3) is 0 Å². The van der Waals surface area contributed by atoms with Crippen LogP contribution >= 0.6 is 15.9 Å². The first-order valence-corrected chi connectivity index (χ1v) is 8.06. The average Bonchev–Trinajstić information content (AvgIpc) is 3.01. The van der Waals surface area contributed by atoms with Crippen LogP contribution in [-0.2, 0) is 13.1 Å². The van der Waals surface area contributed by atoms with Crippen LogP contribution in [-0.4, -0.2) is 9.13 Å². The minimum atomic E-state index is 1.05. The Hall–Kier alpha value is -1.74. The molecule has 106 valence electrons. The lowest BCUT2D eigenvalue weighted by molar-refractivity contribution is 0.552. The maximum atomic E-state index is 3.51. The van der Waals surface area contributed by atoms with E-state index < -0.39 is 0 Å². The van der Waals surface area contributed by atoms with Gasteiger partial charge in [-0.1, -0.05) is 28.1 Å². The second kappa shape index (κ2) is 4.63. The molecule has 0 unspecified atom stereocenters. The zero-order chi connectivity index (χ0) is 14.6. The molecule has 21 heavy (non-hydrogen) atoms. The molecule has 0 amide bonds. The Balaban J connectivity index is 1.91. The Morgan fingerprint density at radius 3 is 2.48 bits per heavy atom. The van der Waals surface area contributed by atoms with Crippen molar-refractivity contribution < 1.29 is 0 Å². The van der Waals surface area contributed by atoms with Crippen LogP contribution in [0.15, 0.2) is 47.1 Å². The predicted molar refractivity (Wildman–Crippen MR) is 90.5 cm³/mol. The molecule has 0 N–H and O–H groups in total. The zero-order valence-electron chi connectivity index (χ0n) is 12.2. The molecule has 0 fully saturated rings. The van der Waals surface area contributed by atoms with Gasteiger partial charge >= 0.3 is 0 Å². The van der Waals surface area contributed by atoms with Gasteiger partial charge in [0.2, 0.25) is 0 Å². The molecule has 1 aliphatic rings. The summed E-state index contributed by atoms with van der Waals surface area (Å²) in [4.78, 5) is 0. The largest absolute Gasteiger partial charge is 0.344 e. The summed E-state index contributed by atoms with van der Waals surface area (Å²) in [5, 5.41) is 0. The SMILES string of the molecule is Cc1c(-c2ccc(Br)cc2)cn2c1-c1ccc(C)n1CC2. The minimum Gasteiger partial charge on any atom is -0.344 e. The van der Waals surface area contributed by atoms with Crippen LogP contribution in [0.2, 0.25) is 0 Å². The monoisotopic (exact) mass is 340 g/mol. The third-order valence-corrected chi connectivity index (χ3v) is 5.02. The van der Waals surface area contributed by atoms with Crippen LogP contribution in [0, 0.1) is 13.8 Å². The van der Waals surface area contributed by atoms with Crippen molar-refractivity contribution in [1.29, 1.82) is 0 Å². The molecule has 0 saturated heterocycles. The number of hydrogen-bond donors (Lipinski definition) is 0. The fourth-order valence-corrected chi connectivity index (χ4v) is 3.64. The molecule has 0 radical (unpaired) electrons. The molecule has 2 nitrogen and oxygen atoms in total. The van der Waals surface area contributed by atoms with Gasteiger partial charge in [0.15, 0.2) is 0 Å². The van der Waals surface area contributed by atoms with Gasteiger partial charge in [0.1, 0.15) is 0 Å². The molecule has 0 saturated carbocycles. The van der Waals surface area contributed by atoms with Gasteiger partial charge in [-0.05, 0) is 49.2 Å². The van der Waals surface area contributed by atoms with E-state index in [1.165, 1.54) is 33.8 Å². The first-order chi connectivity index (χ1) is 10.1. The number of rotatable bonds is 1. The highest BCUT2D eigenvalue weighted by atomic mass is 79.9. The van der Waals surface area contributed by atoms with Gasteiger partial charge in [-0.15, -0.1) is 0 Å². The summed E-state index contributed by atoms with van der Waals surface area (Å²) >= 11 is 3.51. The number of aromatic nitrogens is 2. The molecule has 0 spiro atoms. The van der Waals surface area contributed by atoms with Crippen molar-refractivity contribution in [3.63, 3.8) is 0 Å². The summed E-state index contributed by atoms with van der Waals surface area (Å²) in [6.45, 7) is 6.54. The lowest BCUT2D eigenvalue weighted by atomic mass is 10.0. The van der Waals surface area contributed by atoms with E-state index in [0.717, 1.165) is 17.6 Å². The highest BCUT2D eigenvalue weighted by Crippen LogP contribution is 2.37. The van der Waals surface area contributed by atoms with Crippen LogP contribution in [0.25, 0.3) is 22.5 Å². The third-order valence-electron chi connectivity index (χ3n) is 4.49. The molecule has 2 aromatic heterocycles. The van der Waals surface area contributed by atoms with E-state index in [4.69, 9.17) is 0 Å². The number of aryl methyl sites for hydroxylation is 2. The minimum absolute atomic E-state index is 1.05. The van der Waals surface area contributed by atoms with Crippen molar-refractivity contribution in [3.8, 4) is 22.5 Å². The number of nitrogens with zero attached hydrogens (tertiary/aromatic N) is 2. The fourth-order valence-electron chi connectivity index (χ4n) is 3.38. The van der Waals surface area contributed by atoms with Crippen molar-refractivity contribution in [3.05, 3.63) is 58.3 Å². The molecule has 0 aliphatic carbocycles.